The van der Waals surface area contributed by atoms with Crippen LogP contribution >= 0.6 is 15.9 Å². The number of nitro groups is 1. The zero-order chi connectivity index (χ0) is 13.3. The van der Waals surface area contributed by atoms with Crippen molar-refractivity contribution in [1.29, 1.82) is 0 Å². The Morgan fingerprint density at radius 3 is 2.61 bits per heavy atom. The van der Waals surface area contributed by atoms with E-state index < -0.39 is 4.92 Å². The number of hydrogen-bond donors (Lipinski definition) is 0. The van der Waals surface area contributed by atoms with Crippen LogP contribution in [0.15, 0.2) is 33.2 Å². The fourth-order valence-electron chi connectivity index (χ4n) is 1.72. The van der Waals surface area contributed by atoms with Crippen molar-refractivity contribution in [2.45, 2.75) is 6.92 Å². The van der Waals surface area contributed by atoms with Crippen LogP contribution < -0.4 is 0 Å². The maximum Gasteiger partial charge on any atom is 0.287 e. The number of nitro benzene ring substituents is 1. The van der Waals surface area contributed by atoms with Gasteiger partial charge >= 0.3 is 0 Å². The van der Waals surface area contributed by atoms with Crippen LogP contribution in [-0.4, -0.2) is 11.2 Å². The van der Waals surface area contributed by atoms with Crippen molar-refractivity contribution >= 4 is 27.9 Å². The fraction of sp³-hybridized carbons (Fsp3) is 0.0833. The highest BCUT2D eigenvalue weighted by atomic mass is 79.9. The molecular formula is C12H8BrNO4. The van der Waals surface area contributed by atoms with Crippen molar-refractivity contribution in [3.63, 3.8) is 0 Å². The minimum atomic E-state index is -0.452. The highest BCUT2D eigenvalue weighted by Gasteiger charge is 2.20. The van der Waals surface area contributed by atoms with E-state index in [1.807, 2.05) is 0 Å². The minimum Gasteiger partial charge on any atom is -0.453 e. The molecule has 92 valence electrons. The topological polar surface area (TPSA) is 73.3 Å². The zero-order valence-corrected chi connectivity index (χ0v) is 10.9. The quantitative estimate of drug-likeness (QED) is 0.492. The number of carbonyl (C=O) groups is 1. The summed E-state index contributed by atoms with van der Waals surface area (Å²) >= 11 is 3.14. The monoisotopic (exact) mass is 309 g/mol. The Kier molecular flexibility index (Phi) is 3.29. The lowest BCUT2D eigenvalue weighted by molar-refractivity contribution is -0.386. The second-order valence-corrected chi connectivity index (χ2v) is 4.50. The predicted molar refractivity (Wildman–Crippen MR) is 68.6 cm³/mol. The number of aldehydes is 1. The van der Waals surface area contributed by atoms with E-state index in [9.17, 15) is 14.9 Å². The molecule has 6 heteroatoms. The highest BCUT2D eigenvalue weighted by molar-refractivity contribution is 9.10. The Bertz CT molecular complexity index is 633. The summed E-state index contributed by atoms with van der Waals surface area (Å²) in [5.74, 6) is 0.625. The molecule has 0 spiro atoms. The van der Waals surface area contributed by atoms with Crippen molar-refractivity contribution in [2.24, 2.45) is 0 Å². The first-order valence-electron chi connectivity index (χ1n) is 5.03. The summed E-state index contributed by atoms with van der Waals surface area (Å²) in [5, 5.41) is 11.0. The first-order valence-corrected chi connectivity index (χ1v) is 5.82. The van der Waals surface area contributed by atoms with E-state index >= 15 is 0 Å². The molecule has 0 saturated heterocycles. The minimum absolute atomic E-state index is 0.00319. The normalized spacial score (nSPS) is 10.3. The summed E-state index contributed by atoms with van der Waals surface area (Å²) in [6.07, 6.45) is 0.589. The molecule has 0 bridgehead atoms. The molecule has 0 atom stereocenters. The number of carbonyl (C=O) groups excluding carboxylic acids is 1. The molecule has 2 aromatic rings. The molecule has 0 unspecified atom stereocenters. The average Bonchev–Trinajstić information content (AvgIpc) is 2.77. The molecule has 1 aromatic heterocycles. The van der Waals surface area contributed by atoms with Crippen LogP contribution in [0.1, 0.15) is 16.1 Å². The summed E-state index contributed by atoms with van der Waals surface area (Å²) in [6, 6.07) is 6.43. The van der Waals surface area contributed by atoms with Crippen molar-refractivity contribution in [3.8, 4) is 11.3 Å². The van der Waals surface area contributed by atoms with Gasteiger partial charge < -0.3 is 4.42 Å². The summed E-state index contributed by atoms with van der Waals surface area (Å²) in [7, 11) is 0. The molecule has 0 N–H and O–H groups in total. The van der Waals surface area contributed by atoms with E-state index in [0.717, 1.165) is 0 Å². The Morgan fingerprint density at radius 1 is 1.33 bits per heavy atom. The predicted octanol–water partition coefficient (Wildman–Crippen LogP) is 3.74. The van der Waals surface area contributed by atoms with Crippen LogP contribution in [0.5, 0.6) is 0 Å². The van der Waals surface area contributed by atoms with Gasteiger partial charge in [0.25, 0.3) is 5.69 Å². The summed E-state index contributed by atoms with van der Waals surface area (Å²) < 4.78 is 5.68. The molecule has 0 aliphatic heterocycles. The number of benzene rings is 1. The standard InChI is InChI=1S/C12H8BrNO4/c1-7-9(11-5-2-8(6-15)18-11)3-4-10(13)12(7)14(16)17/h2-6H,1H3. The van der Waals surface area contributed by atoms with Crippen LogP contribution in [0, 0.1) is 17.0 Å². The van der Waals surface area contributed by atoms with E-state index in [4.69, 9.17) is 4.42 Å². The van der Waals surface area contributed by atoms with Crippen LogP contribution in [-0.2, 0) is 0 Å². The van der Waals surface area contributed by atoms with Gasteiger partial charge in [0.05, 0.1) is 9.40 Å². The van der Waals surface area contributed by atoms with Gasteiger partial charge in [0.1, 0.15) is 5.76 Å². The first-order chi connectivity index (χ1) is 8.54. The molecule has 0 fully saturated rings. The van der Waals surface area contributed by atoms with Crippen LogP contribution in [0.3, 0.4) is 0 Å². The molecule has 0 amide bonds. The Hall–Kier alpha value is -1.95. The van der Waals surface area contributed by atoms with Gasteiger partial charge in [0.2, 0.25) is 0 Å². The van der Waals surface area contributed by atoms with E-state index in [1.54, 1.807) is 25.1 Å². The van der Waals surface area contributed by atoms with E-state index in [2.05, 4.69) is 15.9 Å². The van der Waals surface area contributed by atoms with Crippen LogP contribution in [0.25, 0.3) is 11.3 Å². The van der Waals surface area contributed by atoms with Crippen molar-refractivity contribution in [1.82, 2.24) is 0 Å². The molecule has 2 rings (SSSR count). The third-order valence-corrected chi connectivity index (χ3v) is 3.21. The van der Waals surface area contributed by atoms with Gasteiger partial charge in [0.15, 0.2) is 12.0 Å². The molecule has 0 aliphatic carbocycles. The van der Waals surface area contributed by atoms with Gasteiger partial charge in [-0.05, 0) is 47.1 Å². The fourth-order valence-corrected chi connectivity index (χ4v) is 2.29. The lowest BCUT2D eigenvalue weighted by Gasteiger charge is -2.05. The molecule has 0 saturated carbocycles. The van der Waals surface area contributed by atoms with Gasteiger partial charge in [-0.1, -0.05) is 0 Å². The van der Waals surface area contributed by atoms with Gasteiger partial charge in [-0.3, -0.25) is 14.9 Å². The van der Waals surface area contributed by atoms with Crippen molar-refractivity contribution in [2.75, 3.05) is 0 Å². The molecule has 0 aliphatic rings. The summed E-state index contributed by atoms with van der Waals surface area (Å²) in [5.41, 5.74) is 1.08. The Labute approximate surface area is 111 Å². The second-order valence-electron chi connectivity index (χ2n) is 3.65. The van der Waals surface area contributed by atoms with Crippen LogP contribution in [0.2, 0.25) is 0 Å². The largest absolute Gasteiger partial charge is 0.453 e. The van der Waals surface area contributed by atoms with E-state index in [1.165, 1.54) is 6.07 Å². The first kappa shape index (κ1) is 12.5. The highest BCUT2D eigenvalue weighted by Crippen LogP contribution is 2.36. The third-order valence-electron chi connectivity index (χ3n) is 2.57. The number of rotatable bonds is 3. The van der Waals surface area contributed by atoms with E-state index in [0.29, 0.717) is 27.6 Å². The van der Waals surface area contributed by atoms with E-state index in [-0.39, 0.29) is 11.4 Å². The lowest BCUT2D eigenvalue weighted by atomic mass is 10.0. The molecule has 0 radical (unpaired) electrons. The molecular weight excluding hydrogens is 302 g/mol. The van der Waals surface area contributed by atoms with Gasteiger partial charge in [-0.2, -0.15) is 0 Å². The zero-order valence-electron chi connectivity index (χ0n) is 9.34. The smallest absolute Gasteiger partial charge is 0.287 e. The summed E-state index contributed by atoms with van der Waals surface area (Å²) in [6.45, 7) is 1.64. The molecule has 5 nitrogen and oxygen atoms in total. The van der Waals surface area contributed by atoms with Gasteiger partial charge in [0, 0.05) is 11.1 Å². The van der Waals surface area contributed by atoms with Crippen molar-refractivity contribution in [3.05, 3.63) is 50.2 Å². The van der Waals surface area contributed by atoms with Crippen molar-refractivity contribution < 1.29 is 14.1 Å². The Morgan fingerprint density at radius 2 is 2.06 bits per heavy atom. The molecule has 1 heterocycles. The van der Waals surface area contributed by atoms with Gasteiger partial charge in [-0.15, -0.1) is 0 Å². The van der Waals surface area contributed by atoms with Gasteiger partial charge in [-0.25, -0.2) is 0 Å². The Balaban J connectivity index is 2.62. The second kappa shape index (κ2) is 4.73. The molecule has 18 heavy (non-hydrogen) atoms. The lowest BCUT2D eigenvalue weighted by Crippen LogP contribution is -1.95. The number of hydrogen-bond acceptors (Lipinski definition) is 4. The average molecular weight is 310 g/mol. The molecule has 1 aromatic carbocycles. The number of furan rings is 1. The third kappa shape index (κ3) is 2.06. The SMILES string of the molecule is Cc1c(-c2ccc(C=O)o2)ccc(Br)c1[N+](=O)[O-]. The maximum atomic E-state index is 11.0. The number of halogens is 1. The maximum absolute atomic E-state index is 11.0. The van der Waals surface area contributed by atoms with Crippen LogP contribution in [0.4, 0.5) is 5.69 Å². The summed E-state index contributed by atoms with van der Waals surface area (Å²) in [4.78, 5) is 21.1. The number of nitrogens with zero attached hydrogens (tertiary/aromatic N) is 1.